The summed E-state index contributed by atoms with van der Waals surface area (Å²) in [5, 5.41) is 0.426. The van der Waals surface area contributed by atoms with Crippen molar-refractivity contribution in [3.8, 4) is 0 Å². The Morgan fingerprint density at radius 1 is 1.23 bits per heavy atom. The van der Waals surface area contributed by atoms with Gasteiger partial charge < -0.3 is 15.9 Å². The maximum atomic E-state index is 12.7. The second kappa shape index (κ2) is 19.3. The van der Waals surface area contributed by atoms with E-state index in [4.69, 9.17) is 11.6 Å². The minimum absolute atomic E-state index is 0. The van der Waals surface area contributed by atoms with Crippen molar-refractivity contribution in [2.45, 2.75) is 66.7 Å². The van der Waals surface area contributed by atoms with Crippen LogP contribution in [0.2, 0.25) is 5.15 Å². The van der Waals surface area contributed by atoms with E-state index in [-0.39, 0.29) is 68.9 Å². The molecule has 2 aromatic rings. The number of hydrogen-bond donors (Lipinski definition) is 0. The van der Waals surface area contributed by atoms with E-state index in [2.05, 4.69) is 43.2 Å². The first kappa shape index (κ1) is 31.8. The molecule has 1 aromatic carbocycles. The predicted molar refractivity (Wildman–Crippen MR) is 120 cm³/mol. The van der Waals surface area contributed by atoms with Gasteiger partial charge in [-0.3, -0.25) is 4.79 Å². The molecule has 3 nitrogen and oxygen atoms in total. The van der Waals surface area contributed by atoms with Crippen LogP contribution in [-0.4, -0.2) is 17.0 Å². The van der Waals surface area contributed by atoms with Crippen LogP contribution in [0.4, 0.5) is 10.1 Å². The summed E-state index contributed by atoms with van der Waals surface area (Å²) >= 11 is 5.51. The molecule has 1 aromatic heterocycles. The summed E-state index contributed by atoms with van der Waals surface area (Å²) in [5.74, 6) is 1.66. The molecule has 160 valence electrons. The van der Waals surface area contributed by atoms with E-state index < -0.39 is 0 Å². The molecule has 1 atom stereocenters. The predicted octanol–water partition coefficient (Wildman–Crippen LogP) is 4.45. The minimum Gasteiger partial charge on any atom is -0.481 e. The summed E-state index contributed by atoms with van der Waals surface area (Å²) in [6, 6.07) is 9.77. The van der Waals surface area contributed by atoms with Crippen LogP contribution in [0.15, 0.2) is 41.4 Å². The molecule has 2 rings (SSSR count). The Morgan fingerprint density at radius 2 is 1.80 bits per heavy atom. The Morgan fingerprint density at radius 3 is 2.23 bits per heavy atom. The summed E-state index contributed by atoms with van der Waals surface area (Å²) in [4.78, 5) is 18.9. The monoisotopic (exact) mass is 456 g/mol. The van der Waals surface area contributed by atoms with Gasteiger partial charge in [0.25, 0.3) is 0 Å². The molecule has 0 aliphatic rings. The van der Waals surface area contributed by atoms with Gasteiger partial charge in [-0.1, -0.05) is 26.0 Å². The Labute approximate surface area is 229 Å². The Hall–Kier alpha value is -0.434. The minimum atomic E-state index is -0.231. The van der Waals surface area contributed by atoms with Crippen molar-refractivity contribution in [2.24, 2.45) is 4.99 Å². The first-order valence-electron chi connectivity index (χ1n) is 9.65. The largest absolute Gasteiger partial charge is 1.00 e. The fourth-order valence-corrected chi connectivity index (χ4v) is 2.25. The van der Waals surface area contributed by atoms with E-state index in [0.29, 0.717) is 23.7 Å². The summed E-state index contributed by atoms with van der Waals surface area (Å²) in [7, 11) is 0. The van der Waals surface area contributed by atoms with Crippen molar-refractivity contribution in [2.75, 3.05) is 0 Å². The third kappa shape index (κ3) is 17.3. The van der Waals surface area contributed by atoms with Crippen molar-refractivity contribution in [3.63, 3.8) is 0 Å². The molecule has 0 fully saturated rings. The number of halogens is 2. The number of ketones is 1. The van der Waals surface area contributed by atoms with Crippen molar-refractivity contribution < 1.29 is 60.6 Å². The third-order valence-corrected chi connectivity index (χ3v) is 3.60. The number of carbonyl (C=O) groups excluding carboxylic acids is 1. The number of benzene rings is 1. The van der Waals surface area contributed by atoms with Gasteiger partial charge in [0.1, 0.15) is 11.6 Å². The van der Waals surface area contributed by atoms with Gasteiger partial charge in [0.15, 0.2) is 0 Å². The summed E-state index contributed by atoms with van der Waals surface area (Å²) in [5.41, 5.74) is 1.67. The Balaban J connectivity index is 0. The van der Waals surface area contributed by atoms with E-state index in [1.54, 1.807) is 31.2 Å². The van der Waals surface area contributed by atoms with Gasteiger partial charge in [-0.05, 0) is 30.0 Å². The molecule has 1 heterocycles. The number of rotatable bonds is 6. The average molecular weight is 457 g/mol. The summed E-state index contributed by atoms with van der Waals surface area (Å²) in [6.45, 7) is 12.0. The summed E-state index contributed by atoms with van der Waals surface area (Å²) in [6.07, 6.45) is 7.34. The average Bonchev–Trinajstić information content (AvgIpc) is 2.64. The first-order valence-corrected chi connectivity index (χ1v) is 10.0. The smallest absolute Gasteiger partial charge is 0.481 e. The molecule has 0 aliphatic carbocycles. The van der Waals surface area contributed by atoms with E-state index >= 15 is 0 Å². The number of aromatic nitrogens is 1. The maximum Gasteiger partial charge on any atom is 1.00 e. The fourth-order valence-electron chi connectivity index (χ4n) is 2.15. The van der Waals surface area contributed by atoms with Crippen molar-refractivity contribution in [1.29, 1.82) is 0 Å². The third-order valence-electron chi connectivity index (χ3n) is 3.39. The molecule has 0 amide bonds. The van der Waals surface area contributed by atoms with Crippen LogP contribution in [0, 0.1) is 17.9 Å². The molecule has 0 spiro atoms. The van der Waals surface area contributed by atoms with Gasteiger partial charge in [0.2, 0.25) is 0 Å². The molecular weight excluding hydrogens is 426 g/mol. The number of carbonyl (C=O) groups is 1. The van der Waals surface area contributed by atoms with Crippen LogP contribution < -0.4 is 51.4 Å². The van der Waals surface area contributed by atoms with Gasteiger partial charge in [-0.2, -0.15) is 44.9 Å². The second-order valence-electron chi connectivity index (χ2n) is 7.05. The van der Waals surface area contributed by atoms with Crippen LogP contribution >= 0.6 is 11.6 Å². The zero-order chi connectivity index (χ0) is 22.2. The number of aliphatic imine (C=N–C) groups is 1. The maximum absolute atomic E-state index is 12.7. The van der Waals surface area contributed by atoms with Crippen LogP contribution in [-0.2, 0) is 4.79 Å². The summed E-state index contributed by atoms with van der Waals surface area (Å²) < 4.78 is 12.7. The molecule has 0 bridgehead atoms. The molecule has 0 aliphatic heterocycles. The van der Waals surface area contributed by atoms with Crippen LogP contribution in [0.25, 0.3) is 0 Å². The van der Waals surface area contributed by atoms with Crippen LogP contribution in [0.1, 0.15) is 72.3 Å². The van der Waals surface area contributed by atoms with Crippen molar-refractivity contribution >= 4 is 29.3 Å². The van der Waals surface area contributed by atoms with Gasteiger partial charge >= 0.3 is 51.4 Å². The molecule has 0 N–H and O–H groups in total. The van der Waals surface area contributed by atoms with Crippen molar-refractivity contribution in [1.82, 2.24) is 4.98 Å². The second-order valence-corrected chi connectivity index (χ2v) is 7.43. The molecule has 1 unspecified atom stereocenters. The molecule has 6 heteroatoms. The SMILES string of the molecule is CCCC(=O)CC(C)c1ccc(F)cc1.C[C-](C)C.C[C-]=Nc1[c-]nc(Cl)cc1.[K+]. The quantitative estimate of drug-likeness (QED) is 0.279. The van der Waals surface area contributed by atoms with Crippen molar-refractivity contribution in [3.05, 3.63) is 65.0 Å². The Bertz CT molecular complexity index is 716. The van der Waals surface area contributed by atoms with E-state index in [1.165, 1.54) is 18.1 Å². The van der Waals surface area contributed by atoms with Crippen LogP contribution in [0.3, 0.4) is 0 Å². The molecule has 0 saturated carbocycles. The van der Waals surface area contributed by atoms with Gasteiger partial charge in [-0.15, -0.1) is 18.5 Å². The van der Waals surface area contributed by atoms with Gasteiger partial charge in [0.05, 0.1) is 0 Å². The zero-order valence-corrected chi connectivity index (χ0v) is 23.1. The standard InChI is InChI=1S/C13H17FO.C7H5ClN2.C4H9.K/c1-3-4-13(15)9-10(2)11-5-7-12(14)8-6-11;1-2-9-6-3-4-7(8)10-5-6;1-4(2)3;/h5-8,10H,3-4,9H2,1-2H3;3-4H,1H3;1-3H3;/q;-2;-1;+1. The van der Waals surface area contributed by atoms with Crippen LogP contribution in [0.5, 0.6) is 0 Å². The topological polar surface area (TPSA) is 42.3 Å². The van der Waals surface area contributed by atoms with E-state index in [0.717, 1.165) is 12.0 Å². The Kier molecular flexibility index (Phi) is 20.4. The number of pyridine rings is 1. The molecule has 0 radical (unpaired) electrons. The normalized spacial score (nSPS) is 11.0. The number of Topliss-reactive ketones (excluding diaryl/α,β-unsaturated/α-hetero) is 1. The number of hydrogen-bond acceptors (Lipinski definition) is 3. The number of nitrogens with zero attached hydrogens (tertiary/aromatic N) is 2. The fraction of sp³-hybridized carbons (Fsp3) is 0.417. The van der Waals surface area contributed by atoms with E-state index in [9.17, 15) is 9.18 Å². The molecular formula is C24H31ClFKN2O-2. The first-order chi connectivity index (χ1) is 13.7. The molecule has 30 heavy (non-hydrogen) atoms. The zero-order valence-electron chi connectivity index (χ0n) is 19.2. The van der Waals surface area contributed by atoms with Gasteiger partial charge in [0, 0.05) is 18.0 Å². The molecule has 0 saturated heterocycles. The van der Waals surface area contributed by atoms with E-state index in [1.807, 2.05) is 13.8 Å². The van der Waals surface area contributed by atoms with Gasteiger partial charge in [-0.25, -0.2) is 10.5 Å².